The number of nitrogens with two attached hydrogens (primary N) is 1. The van der Waals surface area contributed by atoms with Crippen molar-refractivity contribution in [2.24, 2.45) is 0 Å². The molecule has 0 fully saturated rings. The first-order chi connectivity index (χ1) is 18.2. The Kier molecular flexibility index (Phi) is 8.39. The highest BCUT2D eigenvalue weighted by molar-refractivity contribution is 7.92. The Morgan fingerprint density at radius 2 is 1.87 bits per heavy atom. The molecule has 10 nitrogen and oxygen atoms in total. The number of benzene rings is 2. The lowest BCUT2D eigenvalue weighted by atomic mass is 10.1. The lowest BCUT2D eigenvalue weighted by Crippen LogP contribution is -2.19. The van der Waals surface area contributed by atoms with E-state index >= 15 is 0 Å². The molecule has 0 amide bonds. The first-order valence-electron chi connectivity index (χ1n) is 11.7. The van der Waals surface area contributed by atoms with E-state index in [9.17, 15) is 17.2 Å². The van der Waals surface area contributed by atoms with Gasteiger partial charge < -0.3 is 20.6 Å². The van der Waals surface area contributed by atoms with E-state index in [1.54, 1.807) is 25.1 Å². The molecule has 0 saturated carbocycles. The van der Waals surface area contributed by atoms with Crippen molar-refractivity contribution in [1.82, 2.24) is 25.5 Å². The molecule has 13 heteroatoms. The molecular weight excluding hydrogens is 518 g/mol. The topological polar surface area (TPSA) is 157 Å². The fourth-order valence-electron chi connectivity index (χ4n) is 3.65. The number of aromatic nitrogens is 4. The number of nitrogens with zero attached hydrogens (tertiary/aromatic N) is 4. The molecule has 1 unspecified atom stereocenters. The summed E-state index contributed by atoms with van der Waals surface area (Å²) in [6.07, 6.45) is 1.55. The number of nitrogen functional groups attached to an aromatic ring is 1. The van der Waals surface area contributed by atoms with Crippen molar-refractivity contribution in [2.75, 3.05) is 25.6 Å². The normalized spacial score (nSPS) is 12.5. The summed E-state index contributed by atoms with van der Waals surface area (Å²) in [5.41, 5.74) is 7.72. The minimum absolute atomic E-state index is 0.00994. The summed E-state index contributed by atoms with van der Waals surface area (Å²) in [7, 11) is -3.59. The minimum Gasteiger partial charge on any atom is -0.414 e. The summed E-state index contributed by atoms with van der Waals surface area (Å²) in [4.78, 5) is 8.72. The van der Waals surface area contributed by atoms with E-state index in [0.717, 1.165) is 0 Å². The Labute approximate surface area is 217 Å². The van der Waals surface area contributed by atoms with E-state index in [4.69, 9.17) is 15.3 Å². The summed E-state index contributed by atoms with van der Waals surface area (Å²) in [6, 6.07) is 10.5. The predicted octanol–water partition coefficient (Wildman–Crippen LogP) is 3.19. The van der Waals surface area contributed by atoms with Crippen molar-refractivity contribution in [3.63, 3.8) is 0 Å². The maximum Gasteiger partial charge on any atom is 0.270 e. The number of alkyl halides is 1. The van der Waals surface area contributed by atoms with Gasteiger partial charge in [0.2, 0.25) is 0 Å². The van der Waals surface area contributed by atoms with Crippen LogP contribution in [0.1, 0.15) is 18.9 Å². The van der Waals surface area contributed by atoms with Crippen molar-refractivity contribution < 1.29 is 26.7 Å². The molecule has 2 aromatic carbocycles. The highest BCUT2D eigenvalue weighted by Crippen LogP contribution is 2.30. The largest absolute Gasteiger partial charge is 0.414 e. The van der Waals surface area contributed by atoms with Gasteiger partial charge in [-0.05, 0) is 43.2 Å². The van der Waals surface area contributed by atoms with Gasteiger partial charge in [0.25, 0.3) is 11.8 Å². The fraction of sp³-hybridized carbons (Fsp3) is 0.280. The SMILES string of the molecule is CC(CCO)S(=O)(=O)c1ccc(-c2cnc(N)c(-c3nnc(-c4ccc(CNCCF)cc4F)o3)n2)cc1. The molecule has 0 spiro atoms. The van der Waals surface area contributed by atoms with Crippen LogP contribution in [0.3, 0.4) is 0 Å². The van der Waals surface area contributed by atoms with E-state index in [0.29, 0.717) is 23.4 Å². The van der Waals surface area contributed by atoms with Crippen LogP contribution < -0.4 is 11.1 Å². The van der Waals surface area contributed by atoms with E-state index in [1.165, 1.54) is 30.5 Å². The number of anilines is 1. The zero-order valence-electron chi connectivity index (χ0n) is 20.4. The molecule has 38 heavy (non-hydrogen) atoms. The molecule has 4 N–H and O–H groups in total. The number of hydrogen-bond acceptors (Lipinski definition) is 10. The molecular formula is C25H26F2N6O4S. The summed E-state index contributed by atoms with van der Waals surface area (Å²) in [6.45, 7) is 1.28. The summed E-state index contributed by atoms with van der Waals surface area (Å²) in [5, 5.41) is 19.0. The Bertz CT molecular complexity index is 1510. The second-order valence-electron chi connectivity index (χ2n) is 8.47. The number of halogens is 2. The van der Waals surface area contributed by atoms with Gasteiger partial charge in [-0.25, -0.2) is 27.2 Å². The molecule has 0 radical (unpaired) electrons. The maximum atomic E-state index is 14.7. The predicted molar refractivity (Wildman–Crippen MR) is 137 cm³/mol. The average Bonchev–Trinajstić information content (AvgIpc) is 3.39. The van der Waals surface area contributed by atoms with Crippen LogP contribution >= 0.6 is 0 Å². The van der Waals surface area contributed by atoms with Crippen LogP contribution in [0.5, 0.6) is 0 Å². The number of aliphatic hydroxyl groups is 1. The molecule has 4 aromatic rings. The number of nitrogens with one attached hydrogen (secondary N) is 1. The van der Waals surface area contributed by atoms with Crippen molar-refractivity contribution in [2.45, 2.75) is 30.0 Å². The molecule has 0 aliphatic carbocycles. The van der Waals surface area contributed by atoms with E-state index in [2.05, 4.69) is 25.5 Å². The second-order valence-corrected chi connectivity index (χ2v) is 10.8. The van der Waals surface area contributed by atoms with Crippen molar-refractivity contribution in [3.05, 3.63) is 60.0 Å². The van der Waals surface area contributed by atoms with Crippen molar-refractivity contribution >= 4 is 15.7 Å². The van der Waals surface area contributed by atoms with Crippen LogP contribution in [0.25, 0.3) is 34.3 Å². The molecule has 0 bridgehead atoms. The van der Waals surface area contributed by atoms with Gasteiger partial charge >= 0.3 is 0 Å². The summed E-state index contributed by atoms with van der Waals surface area (Å²) >= 11 is 0. The maximum absolute atomic E-state index is 14.7. The smallest absolute Gasteiger partial charge is 0.270 e. The van der Waals surface area contributed by atoms with Gasteiger partial charge in [-0.1, -0.05) is 18.2 Å². The third kappa shape index (κ3) is 5.85. The lowest BCUT2D eigenvalue weighted by Gasteiger charge is -2.12. The number of aliphatic hydroxyl groups excluding tert-OH is 1. The zero-order valence-corrected chi connectivity index (χ0v) is 21.3. The molecule has 1 atom stereocenters. The Hall–Kier alpha value is -3.81. The highest BCUT2D eigenvalue weighted by Gasteiger charge is 2.23. The number of sulfone groups is 1. The minimum atomic E-state index is -3.59. The van der Waals surface area contributed by atoms with Gasteiger partial charge in [-0.15, -0.1) is 10.2 Å². The highest BCUT2D eigenvalue weighted by atomic mass is 32.2. The first-order valence-corrected chi connectivity index (χ1v) is 13.3. The molecule has 0 aliphatic heterocycles. The molecule has 4 rings (SSSR count). The Morgan fingerprint density at radius 1 is 1.13 bits per heavy atom. The lowest BCUT2D eigenvalue weighted by molar-refractivity contribution is 0.287. The Balaban J connectivity index is 1.58. The van der Waals surface area contributed by atoms with E-state index < -0.39 is 27.6 Å². The van der Waals surface area contributed by atoms with Gasteiger partial charge in [0.15, 0.2) is 21.3 Å². The van der Waals surface area contributed by atoms with Crippen molar-refractivity contribution in [3.8, 4) is 34.3 Å². The third-order valence-corrected chi connectivity index (χ3v) is 8.06. The van der Waals surface area contributed by atoms with Crippen LogP contribution in [-0.4, -0.2) is 58.8 Å². The molecule has 2 aromatic heterocycles. The zero-order chi connectivity index (χ0) is 27.3. The van der Waals surface area contributed by atoms with Gasteiger partial charge in [0.1, 0.15) is 12.5 Å². The third-order valence-electron chi connectivity index (χ3n) is 5.84. The molecule has 0 saturated heterocycles. The number of rotatable bonds is 11. The molecule has 0 aliphatic rings. The number of hydrogen-bond donors (Lipinski definition) is 3. The fourth-order valence-corrected chi connectivity index (χ4v) is 5.04. The van der Waals surface area contributed by atoms with Crippen LogP contribution in [0.15, 0.2) is 58.0 Å². The average molecular weight is 545 g/mol. The summed E-state index contributed by atoms with van der Waals surface area (Å²) < 4.78 is 57.9. The van der Waals surface area contributed by atoms with Crippen molar-refractivity contribution in [1.29, 1.82) is 0 Å². The van der Waals surface area contributed by atoms with Crippen LogP contribution in [-0.2, 0) is 16.4 Å². The van der Waals surface area contributed by atoms with Crippen LogP contribution in [0.2, 0.25) is 0 Å². The van der Waals surface area contributed by atoms with Gasteiger partial charge in [0.05, 0.1) is 27.6 Å². The summed E-state index contributed by atoms with van der Waals surface area (Å²) in [5.74, 6) is -0.734. The van der Waals surface area contributed by atoms with Crippen LogP contribution in [0.4, 0.5) is 14.6 Å². The quantitative estimate of drug-likeness (QED) is 0.240. The Morgan fingerprint density at radius 3 is 2.55 bits per heavy atom. The van der Waals surface area contributed by atoms with Gasteiger partial charge in [0, 0.05) is 25.3 Å². The van der Waals surface area contributed by atoms with E-state index in [-0.39, 0.29) is 53.3 Å². The van der Waals surface area contributed by atoms with Crippen LogP contribution in [0, 0.1) is 5.82 Å². The van der Waals surface area contributed by atoms with E-state index in [1.807, 2.05) is 0 Å². The monoisotopic (exact) mass is 544 g/mol. The second kappa shape index (κ2) is 11.7. The molecule has 2 heterocycles. The standard InChI is InChI=1S/C25H26F2N6O4S/c1-15(8-11-34)38(35,36)18-5-3-17(4-6-18)21-14-30-23(28)22(31-21)25-33-32-24(37-25)19-7-2-16(12-20(19)27)13-29-10-9-26/h2-7,12,14-15,29,34H,8-11,13H2,1H3,(H2,28,30). The van der Waals surface area contributed by atoms with Gasteiger partial charge in [-0.3, -0.25) is 0 Å². The van der Waals surface area contributed by atoms with Gasteiger partial charge in [-0.2, -0.15) is 0 Å². The first kappa shape index (κ1) is 27.2. The molecule has 200 valence electrons.